The number of ether oxygens (including phenoxy) is 3. The molecular weight excluding hydrogens is 947 g/mol. The minimum Gasteiger partial charge on any atom is -0.490 e. The summed E-state index contributed by atoms with van der Waals surface area (Å²) >= 11 is 0. The van der Waals surface area contributed by atoms with Crippen molar-refractivity contribution in [2.75, 3.05) is 43.6 Å². The van der Waals surface area contributed by atoms with Crippen LogP contribution in [0.4, 0.5) is 11.9 Å². The summed E-state index contributed by atoms with van der Waals surface area (Å²) in [6.45, 7) is 10.3. The summed E-state index contributed by atoms with van der Waals surface area (Å²) < 4.78 is 26.7. The van der Waals surface area contributed by atoms with Crippen LogP contribution in [0.2, 0.25) is 0 Å². The van der Waals surface area contributed by atoms with Gasteiger partial charge in [0.25, 0.3) is 17.7 Å². The summed E-state index contributed by atoms with van der Waals surface area (Å²) in [5.41, 5.74) is 10.3. The fraction of sp³-hybridized carbons (Fsp3) is 0.426. The number of imidazole rings is 2. The number of allylic oxidation sites excluding steroid dienone is 2. The molecule has 3 atom stereocenters. The number of anilines is 2. The zero-order valence-corrected chi connectivity index (χ0v) is 41.3. The Kier molecular flexibility index (Phi) is 14.4. The van der Waals surface area contributed by atoms with E-state index in [1.165, 1.54) is 0 Å². The lowest BCUT2D eigenvalue weighted by Gasteiger charge is -2.40. The molecule has 5 aromatic heterocycles. The molecule has 72 heavy (non-hydrogen) atoms. The van der Waals surface area contributed by atoms with Crippen molar-refractivity contribution in [2.24, 2.45) is 5.73 Å². The number of carbonyl (C=O) groups excluding carboxylic acids is 4. The molecule has 3 aliphatic rings. The zero-order valence-electron chi connectivity index (χ0n) is 40.3. The molecule has 0 saturated carbocycles. The van der Waals surface area contributed by atoms with Crippen molar-refractivity contribution >= 4 is 71.1 Å². The molecule has 4 amide bonds. The second-order valence-corrected chi connectivity index (χ2v) is 17.8. The number of amides is 4. The molecule has 7 aromatic rings. The molecule has 6 N–H and O–H groups in total. The number of primary amides is 1. The van der Waals surface area contributed by atoms with Gasteiger partial charge in [-0.25, -0.2) is 9.97 Å². The summed E-state index contributed by atoms with van der Waals surface area (Å²) in [6.07, 6.45) is 6.69. The maximum Gasteiger partial charge on any atom is 0.276 e. The number of rotatable bonds is 13. The second-order valence-electron chi connectivity index (χ2n) is 17.8. The van der Waals surface area contributed by atoms with E-state index in [0.29, 0.717) is 113 Å². The number of aromatic nitrogens is 12. The van der Waals surface area contributed by atoms with Gasteiger partial charge in [-0.2, -0.15) is 28.9 Å². The Morgan fingerprint density at radius 2 is 1.26 bits per heavy atom. The van der Waals surface area contributed by atoms with Crippen molar-refractivity contribution in [3.8, 4) is 11.5 Å². The van der Waals surface area contributed by atoms with Gasteiger partial charge in [0, 0.05) is 62.4 Å². The lowest BCUT2D eigenvalue weighted by Crippen LogP contribution is -2.55. The van der Waals surface area contributed by atoms with Gasteiger partial charge in [0.2, 0.25) is 17.8 Å². The molecule has 10 rings (SSSR count). The smallest absolute Gasteiger partial charge is 0.276 e. The van der Waals surface area contributed by atoms with Crippen LogP contribution in [0.5, 0.6) is 11.5 Å². The number of hydrogen-bond acceptors (Lipinski definition) is 15. The molecule has 2 unspecified atom stereocenters. The molecule has 8 heterocycles. The number of benzene rings is 2. The Hall–Kier alpha value is -7.64. The van der Waals surface area contributed by atoms with Gasteiger partial charge in [0.1, 0.15) is 47.1 Å². The normalized spacial score (nSPS) is 18.4. The van der Waals surface area contributed by atoms with Crippen LogP contribution in [0.15, 0.2) is 48.6 Å². The fourth-order valence-electron chi connectivity index (χ4n) is 9.82. The number of nitrogens with two attached hydrogens (primary N) is 1. The third-order valence-corrected chi connectivity index (χ3v) is 13.1. The van der Waals surface area contributed by atoms with Gasteiger partial charge in [-0.05, 0) is 83.4 Å². The number of nitrogens with zero attached hydrogens (tertiary/aromatic N) is 12. The highest BCUT2D eigenvalue weighted by atomic mass is 32.1. The summed E-state index contributed by atoms with van der Waals surface area (Å²) in [7, 11) is 0. The Morgan fingerprint density at radius 1 is 0.722 bits per heavy atom. The van der Waals surface area contributed by atoms with E-state index in [0.717, 1.165) is 12.8 Å². The maximum atomic E-state index is 14.1. The van der Waals surface area contributed by atoms with Gasteiger partial charge in [-0.1, -0.05) is 17.4 Å². The fourth-order valence-corrected chi connectivity index (χ4v) is 9.82. The molecule has 0 radical (unpaired) electrons. The van der Waals surface area contributed by atoms with Gasteiger partial charge in [-0.15, -0.1) is 10.2 Å². The molecule has 2 bridgehead atoms. The Bertz CT molecular complexity index is 3180. The van der Waals surface area contributed by atoms with Crippen LogP contribution in [-0.2, 0) is 37.3 Å². The standard InChI is InChI=1S/C47H55N17O7.H2S/c1-5-62-35(16-26(3)56-62)44(67)52-46-50-33-18-28(42(48)65)20-37-40(33)60(46)14-7-8-15-61-41-34(51-47(61)53-45(68)36-17-27(4)57-63(36)6-2)19-29(43(66)49-13-9-10-39-54-58-59-55-39)21-38(41)71-25-32(24-70-37)64-30-11-12-31(64)23-69-22-30;/h7-8,16-21,30-32H,5-6,9-15,22-25H2,1-4H3,(H2,48,65)(H,49,66)(H,50,52,67)(H,51,53,68)(H,54,55,58,59);1H2/b8-7+;/t30?,31?,32-;/m0./s1. The average molecular weight is 1000 g/mol. The molecule has 0 spiro atoms. The number of carbonyl (C=O) groups is 4. The highest BCUT2D eigenvalue weighted by molar-refractivity contribution is 7.59. The van der Waals surface area contributed by atoms with Crippen LogP contribution >= 0.6 is 13.5 Å². The van der Waals surface area contributed by atoms with Gasteiger partial charge >= 0.3 is 0 Å². The van der Waals surface area contributed by atoms with Gasteiger partial charge in [0.05, 0.1) is 41.7 Å². The van der Waals surface area contributed by atoms with Crippen molar-refractivity contribution in [2.45, 2.75) is 97.7 Å². The molecule has 0 aliphatic carbocycles. The van der Waals surface area contributed by atoms with Crippen molar-refractivity contribution in [1.29, 1.82) is 0 Å². The van der Waals surface area contributed by atoms with E-state index in [1.54, 1.807) is 45.8 Å². The van der Waals surface area contributed by atoms with Crippen LogP contribution in [0.25, 0.3) is 22.1 Å². The SMILES string of the molecule is CCn1nc(C)cc1C(=O)Nc1nc2cc(C(N)=O)cc3c2n1C/C=C/Cn1c(NC(=O)c2cc(C)nn2CC)nc2cc(C(=O)NCCCc4nn[nH]n4)cc(c21)OC[C@@H](N1C2CCC1COC2)CO3.S. The lowest BCUT2D eigenvalue weighted by atomic mass is 10.1. The van der Waals surface area contributed by atoms with Crippen molar-refractivity contribution in [3.63, 3.8) is 0 Å². The summed E-state index contributed by atoms with van der Waals surface area (Å²) in [4.78, 5) is 67.2. The minimum atomic E-state index is -0.677. The topological polar surface area (TPSA) is 287 Å². The van der Waals surface area contributed by atoms with Gasteiger partial charge < -0.3 is 34.4 Å². The third kappa shape index (κ3) is 9.85. The van der Waals surface area contributed by atoms with Crippen LogP contribution in [0.1, 0.15) is 92.0 Å². The van der Waals surface area contributed by atoms with E-state index >= 15 is 0 Å². The maximum absolute atomic E-state index is 14.1. The number of tetrazole rings is 1. The van der Waals surface area contributed by atoms with Gasteiger partial charge in [0.15, 0.2) is 5.82 Å². The zero-order chi connectivity index (χ0) is 49.3. The quantitative estimate of drug-likeness (QED) is 0.0819. The predicted octanol–water partition coefficient (Wildman–Crippen LogP) is 3.29. The first-order valence-corrected chi connectivity index (χ1v) is 23.8. The first-order chi connectivity index (χ1) is 34.5. The minimum absolute atomic E-state index is 0. The van der Waals surface area contributed by atoms with E-state index in [-0.39, 0.29) is 81.3 Å². The number of aryl methyl sites for hydroxylation is 5. The van der Waals surface area contributed by atoms with E-state index in [4.69, 9.17) is 29.9 Å². The molecular formula is C47H57N17O7S. The van der Waals surface area contributed by atoms with E-state index in [2.05, 4.69) is 51.7 Å². The first-order valence-electron chi connectivity index (χ1n) is 23.8. The van der Waals surface area contributed by atoms with Crippen molar-refractivity contribution in [1.82, 2.24) is 69.5 Å². The number of hydrogen-bond donors (Lipinski definition) is 5. The molecule has 2 saturated heterocycles. The van der Waals surface area contributed by atoms with E-state index in [1.807, 2.05) is 49.0 Å². The van der Waals surface area contributed by atoms with Crippen LogP contribution < -0.4 is 31.2 Å². The molecule has 25 heteroatoms. The number of aromatic amines is 1. The van der Waals surface area contributed by atoms with Crippen LogP contribution in [0, 0.1) is 13.8 Å². The largest absolute Gasteiger partial charge is 0.490 e. The molecule has 2 aromatic carbocycles. The van der Waals surface area contributed by atoms with Crippen LogP contribution in [0.3, 0.4) is 0 Å². The Labute approximate surface area is 419 Å². The number of morpholine rings is 1. The Balaban J connectivity index is 0.00000640. The van der Waals surface area contributed by atoms with Crippen molar-refractivity contribution in [3.05, 3.63) is 88.3 Å². The average Bonchev–Trinajstić information content (AvgIpc) is 4.23. The second kappa shape index (κ2) is 21.0. The first kappa shape index (κ1) is 49.3. The highest BCUT2D eigenvalue weighted by Crippen LogP contribution is 2.36. The number of nitrogens with one attached hydrogen (secondary N) is 4. The summed E-state index contributed by atoms with van der Waals surface area (Å²) in [5, 5.41) is 32.0. The van der Waals surface area contributed by atoms with Gasteiger partial charge in [-0.3, -0.25) is 44.1 Å². The molecule has 3 aliphatic heterocycles. The predicted molar refractivity (Wildman–Crippen MR) is 268 cm³/mol. The van der Waals surface area contributed by atoms with E-state index < -0.39 is 17.7 Å². The van der Waals surface area contributed by atoms with Crippen LogP contribution in [-0.4, -0.2) is 139 Å². The summed E-state index contributed by atoms with van der Waals surface area (Å²) in [6, 6.07) is 9.77. The van der Waals surface area contributed by atoms with E-state index in [9.17, 15) is 19.2 Å². The Morgan fingerprint density at radius 3 is 1.78 bits per heavy atom. The number of H-pyrrole nitrogens is 1. The highest BCUT2D eigenvalue weighted by Gasteiger charge is 2.42. The third-order valence-electron chi connectivity index (χ3n) is 13.1. The number of fused-ring (bicyclic) bond motifs is 2. The summed E-state index contributed by atoms with van der Waals surface area (Å²) in [5.74, 6) is -0.243. The lowest BCUT2D eigenvalue weighted by molar-refractivity contribution is -0.0534. The molecule has 2 fully saturated rings. The van der Waals surface area contributed by atoms with Crippen molar-refractivity contribution < 1.29 is 33.4 Å². The monoisotopic (exact) mass is 1000 g/mol. The molecule has 24 nitrogen and oxygen atoms in total. The molecule has 378 valence electrons.